The lowest BCUT2D eigenvalue weighted by molar-refractivity contribution is 0.253. The van der Waals surface area contributed by atoms with Crippen molar-refractivity contribution in [3.8, 4) is 5.75 Å². The molecule has 0 N–H and O–H groups in total. The monoisotopic (exact) mass is 370 g/mol. The first-order chi connectivity index (χ1) is 9.82. The number of benzene rings is 2. The molecule has 0 saturated carbocycles. The van der Waals surface area contributed by atoms with Crippen LogP contribution in [0.3, 0.4) is 0 Å². The summed E-state index contributed by atoms with van der Waals surface area (Å²) in [6.45, 7) is -0.503. The molecule has 2 rings (SSSR count). The first-order valence-electron chi connectivity index (χ1n) is 5.41. The van der Waals surface area contributed by atoms with Crippen LogP contribution < -0.4 is 4.74 Å². The largest absolute Gasteiger partial charge is 0.483 e. The summed E-state index contributed by atoms with van der Waals surface area (Å²) in [5.74, 6) is -12.5. The zero-order chi connectivity index (χ0) is 15.7. The van der Waals surface area contributed by atoms with Gasteiger partial charge in [-0.25, -0.2) is 17.6 Å². The fraction of sp³-hybridized carbons (Fsp3) is 0.0769. The van der Waals surface area contributed by atoms with Crippen molar-refractivity contribution >= 4 is 15.9 Å². The average molecular weight is 371 g/mol. The van der Waals surface area contributed by atoms with Gasteiger partial charge in [-0.1, -0.05) is 6.07 Å². The van der Waals surface area contributed by atoms with Crippen LogP contribution in [0, 0.1) is 34.9 Å². The molecule has 21 heavy (non-hydrogen) atoms. The second-order valence-electron chi connectivity index (χ2n) is 3.94. The van der Waals surface area contributed by atoms with E-state index in [4.69, 9.17) is 0 Å². The van der Waals surface area contributed by atoms with E-state index in [1.165, 1.54) is 12.1 Å². The SMILES string of the molecule is Fc1ccc(COc2c(F)c(F)c(F)c(F)c2F)cc1Br. The summed E-state index contributed by atoms with van der Waals surface area (Å²) < 4.78 is 83.1. The number of rotatable bonds is 3. The quantitative estimate of drug-likeness (QED) is 0.425. The van der Waals surface area contributed by atoms with Gasteiger partial charge in [0.05, 0.1) is 4.47 Å². The molecular weight excluding hydrogens is 366 g/mol. The molecule has 2 aromatic rings. The Labute approximate surface area is 123 Å². The van der Waals surface area contributed by atoms with Crippen molar-refractivity contribution in [1.82, 2.24) is 0 Å². The Morgan fingerprint density at radius 2 is 1.33 bits per heavy atom. The van der Waals surface area contributed by atoms with Crippen LogP contribution in [0.15, 0.2) is 22.7 Å². The van der Waals surface area contributed by atoms with Gasteiger partial charge >= 0.3 is 0 Å². The van der Waals surface area contributed by atoms with Crippen LogP contribution in [0.2, 0.25) is 0 Å². The highest BCUT2D eigenvalue weighted by Gasteiger charge is 2.27. The van der Waals surface area contributed by atoms with E-state index in [1.54, 1.807) is 0 Å². The molecule has 0 saturated heterocycles. The Balaban J connectivity index is 2.30. The van der Waals surface area contributed by atoms with Crippen molar-refractivity contribution in [3.63, 3.8) is 0 Å². The first-order valence-corrected chi connectivity index (χ1v) is 6.20. The molecule has 0 bridgehead atoms. The van der Waals surface area contributed by atoms with Crippen molar-refractivity contribution in [3.05, 3.63) is 63.1 Å². The Morgan fingerprint density at radius 3 is 1.86 bits per heavy atom. The fourth-order valence-electron chi connectivity index (χ4n) is 1.50. The Hall–Kier alpha value is -1.70. The molecule has 8 heteroatoms. The van der Waals surface area contributed by atoms with E-state index in [-0.39, 0.29) is 10.0 Å². The Bertz CT molecular complexity index is 675. The standard InChI is InChI=1S/C13H5BrF6O/c14-6-3-5(1-2-7(6)15)4-21-13-11(19)9(17)8(16)10(18)12(13)20/h1-3H,4H2. The molecule has 0 aliphatic carbocycles. The maximum Gasteiger partial charge on any atom is 0.207 e. The molecule has 0 aliphatic rings. The molecular formula is C13H5BrF6O. The fourth-order valence-corrected chi connectivity index (χ4v) is 1.92. The van der Waals surface area contributed by atoms with Crippen LogP contribution in [-0.4, -0.2) is 0 Å². The van der Waals surface area contributed by atoms with Gasteiger partial charge in [-0.2, -0.15) is 8.78 Å². The molecule has 0 aromatic heterocycles. The second kappa shape index (κ2) is 5.97. The summed E-state index contributed by atoms with van der Waals surface area (Å²) in [7, 11) is 0. The number of hydrogen-bond acceptors (Lipinski definition) is 1. The number of hydrogen-bond donors (Lipinski definition) is 0. The Kier molecular flexibility index (Phi) is 4.46. The minimum absolute atomic E-state index is 0.0704. The summed E-state index contributed by atoms with van der Waals surface area (Å²) in [6.07, 6.45) is 0. The molecule has 0 amide bonds. The molecule has 0 fully saturated rings. The van der Waals surface area contributed by atoms with Gasteiger partial charge in [0.1, 0.15) is 12.4 Å². The minimum atomic E-state index is -2.26. The van der Waals surface area contributed by atoms with E-state index in [2.05, 4.69) is 20.7 Å². The first kappa shape index (κ1) is 15.7. The number of ether oxygens (including phenoxy) is 1. The van der Waals surface area contributed by atoms with Crippen LogP contribution in [0.5, 0.6) is 5.75 Å². The zero-order valence-corrected chi connectivity index (χ0v) is 11.6. The van der Waals surface area contributed by atoms with E-state index in [0.717, 1.165) is 6.07 Å². The van der Waals surface area contributed by atoms with Crippen LogP contribution >= 0.6 is 15.9 Å². The van der Waals surface area contributed by atoms with Crippen molar-refractivity contribution in [2.24, 2.45) is 0 Å². The van der Waals surface area contributed by atoms with Gasteiger partial charge in [0, 0.05) is 0 Å². The summed E-state index contributed by atoms with van der Waals surface area (Å²) in [4.78, 5) is 0. The lowest BCUT2D eigenvalue weighted by atomic mass is 10.2. The molecule has 0 unspecified atom stereocenters. The van der Waals surface area contributed by atoms with Crippen molar-refractivity contribution in [2.45, 2.75) is 6.61 Å². The van der Waals surface area contributed by atoms with Crippen LogP contribution in [0.25, 0.3) is 0 Å². The van der Waals surface area contributed by atoms with E-state index in [0.29, 0.717) is 0 Å². The molecule has 0 atom stereocenters. The van der Waals surface area contributed by atoms with Gasteiger partial charge in [0.2, 0.25) is 29.1 Å². The summed E-state index contributed by atoms with van der Waals surface area (Å²) in [5.41, 5.74) is 0.271. The van der Waals surface area contributed by atoms with Gasteiger partial charge in [0.25, 0.3) is 0 Å². The van der Waals surface area contributed by atoms with Gasteiger partial charge in [0.15, 0.2) is 5.75 Å². The Morgan fingerprint density at radius 1 is 0.810 bits per heavy atom. The third-order valence-corrected chi connectivity index (χ3v) is 3.14. The van der Waals surface area contributed by atoms with E-state index < -0.39 is 47.3 Å². The normalized spacial score (nSPS) is 10.8. The lowest BCUT2D eigenvalue weighted by Crippen LogP contribution is -2.07. The van der Waals surface area contributed by atoms with E-state index in [1.807, 2.05) is 0 Å². The molecule has 0 radical (unpaired) electrons. The predicted octanol–water partition coefficient (Wildman–Crippen LogP) is 4.86. The van der Waals surface area contributed by atoms with Crippen LogP contribution in [0.1, 0.15) is 5.56 Å². The zero-order valence-electron chi connectivity index (χ0n) is 9.99. The van der Waals surface area contributed by atoms with Gasteiger partial charge < -0.3 is 4.74 Å². The van der Waals surface area contributed by atoms with Crippen molar-refractivity contribution in [2.75, 3.05) is 0 Å². The molecule has 112 valence electrons. The molecule has 0 spiro atoms. The number of halogens is 7. The van der Waals surface area contributed by atoms with Crippen LogP contribution in [-0.2, 0) is 6.61 Å². The summed E-state index contributed by atoms with van der Waals surface area (Å²) in [5, 5.41) is 0. The van der Waals surface area contributed by atoms with Crippen molar-refractivity contribution in [1.29, 1.82) is 0 Å². The lowest BCUT2D eigenvalue weighted by Gasteiger charge is -2.10. The second-order valence-corrected chi connectivity index (χ2v) is 4.79. The van der Waals surface area contributed by atoms with E-state index in [9.17, 15) is 26.3 Å². The third kappa shape index (κ3) is 2.99. The molecule has 0 heterocycles. The predicted molar refractivity (Wildman–Crippen MR) is 64.7 cm³/mol. The highest BCUT2D eigenvalue weighted by atomic mass is 79.9. The van der Waals surface area contributed by atoms with Gasteiger partial charge in [-0.3, -0.25) is 0 Å². The molecule has 2 aromatic carbocycles. The molecule has 0 aliphatic heterocycles. The highest BCUT2D eigenvalue weighted by molar-refractivity contribution is 9.10. The third-order valence-electron chi connectivity index (χ3n) is 2.54. The van der Waals surface area contributed by atoms with Gasteiger partial charge in [-0.05, 0) is 33.6 Å². The van der Waals surface area contributed by atoms with Crippen LogP contribution in [0.4, 0.5) is 26.3 Å². The van der Waals surface area contributed by atoms with Crippen molar-refractivity contribution < 1.29 is 31.1 Å². The van der Waals surface area contributed by atoms with Gasteiger partial charge in [-0.15, -0.1) is 0 Å². The maximum absolute atomic E-state index is 13.3. The smallest absolute Gasteiger partial charge is 0.207 e. The summed E-state index contributed by atoms with van der Waals surface area (Å²) >= 11 is 2.89. The highest BCUT2D eigenvalue weighted by Crippen LogP contribution is 2.30. The topological polar surface area (TPSA) is 9.23 Å². The van der Waals surface area contributed by atoms with E-state index >= 15 is 0 Å². The minimum Gasteiger partial charge on any atom is -0.483 e. The molecule has 1 nitrogen and oxygen atoms in total. The summed E-state index contributed by atoms with van der Waals surface area (Å²) in [6, 6.07) is 3.55. The maximum atomic E-state index is 13.3. The average Bonchev–Trinajstić information content (AvgIpc) is 2.46.